The highest BCUT2D eigenvalue weighted by molar-refractivity contribution is 5.68. The van der Waals surface area contributed by atoms with Gasteiger partial charge in [-0.05, 0) is 48.2 Å². The van der Waals surface area contributed by atoms with Gasteiger partial charge in [-0.3, -0.25) is 0 Å². The minimum absolute atomic E-state index is 0.0576. The number of benzene rings is 2. The second-order valence-electron chi connectivity index (χ2n) is 4.94. The van der Waals surface area contributed by atoms with E-state index >= 15 is 0 Å². The van der Waals surface area contributed by atoms with Crippen LogP contribution in [0, 0.1) is 6.92 Å². The van der Waals surface area contributed by atoms with Crippen molar-refractivity contribution < 1.29 is 13.2 Å². The zero-order valence-corrected chi connectivity index (χ0v) is 11.3. The Hall–Kier alpha value is -1.81. The lowest BCUT2D eigenvalue weighted by molar-refractivity contribution is -0.137. The molecule has 0 aliphatic carbocycles. The molecule has 0 aromatic heterocycles. The van der Waals surface area contributed by atoms with Crippen molar-refractivity contribution in [2.45, 2.75) is 26.1 Å². The molecule has 2 aromatic rings. The topological polar surface area (TPSA) is 26.0 Å². The fourth-order valence-electron chi connectivity index (χ4n) is 2.13. The van der Waals surface area contributed by atoms with Crippen LogP contribution >= 0.6 is 0 Å². The molecule has 1 nitrogen and oxygen atoms in total. The molecule has 0 aliphatic heterocycles. The van der Waals surface area contributed by atoms with E-state index in [1.807, 2.05) is 31.2 Å². The molecule has 1 atom stereocenters. The summed E-state index contributed by atoms with van der Waals surface area (Å²) in [6, 6.07) is 11.3. The van der Waals surface area contributed by atoms with E-state index in [0.29, 0.717) is 5.56 Å². The van der Waals surface area contributed by atoms with Gasteiger partial charge in [0.25, 0.3) is 0 Å². The molecule has 20 heavy (non-hydrogen) atoms. The molecule has 0 fully saturated rings. The molecule has 2 N–H and O–H groups in total. The van der Waals surface area contributed by atoms with Crippen molar-refractivity contribution in [1.29, 1.82) is 0 Å². The minimum Gasteiger partial charge on any atom is -0.324 e. The molecule has 0 heterocycles. The minimum atomic E-state index is -4.30. The van der Waals surface area contributed by atoms with Crippen LogP contribution in [0.25, 0.3) is 11.1 Å². The van der Waals surface area contributed by atoms with E-state index in [1.54, 1.807) is 6.92 Å². The molecule has 0 bridgehead atoms. The molecule has 0 aliphatic rings. The predicted octanol–water partition coefficient (Wildman–Crippen LogP) is 4.70. The second-order valence-corrected chi connectivity index (χ2v) is 4.94. The first-order valence-electron chi connectivity index (χ1n) is 6.33. The molecule has 2 rings (SSSR count). The Bertz CT molecular complexity index is 598. The molecule has 0 saturated carbocycles. The van der Waals surface area contributed by atoms with E-state index < -0.39 is 11.7 Å². The summed E-state index contributed by atoms with van der Waals surface area (Å²) < 4.78 is 37.9. The molecule has 2 aromatic carbocycles. The Balaban J connectivity index is 2.38. The van der Waals surface area contributed by atoms with Crippen LogP contribution in [0.5, 0.6) is 0 Å². The van der Waals surface area contributed by atoms with Crippen LogP contribution in [0.1, 0.15) is 29.7 Å². The van der Waals surface area contributed by atoms with Gasteiger partial charge in [0.15, 0.2) is 0 Å². The summed E-state index contributed by atoms with van der Waals surface area (Å²) in [4.78, 5) is 0. The van der Waals surface area contributed by atoms with Crippen molar-refractivity contribution in [2.75, 3.05) is 0 Å². The molecule has 0 radical (unpaired) electrons. The number of halogens is 3. The third-order valence-electron chi connectivity index (χ3n) is 3.30. The summed E-state index contributed by atoms with van der Waals surface area (Å²) in [5.74, 6) is 0. The van der Waals surface area contributed by atoms with E-state index in [1.165, 1.54) is 12.1 Å². The maximum absolute atomic E-state index is 12.6. The zero-order valence-electron chi connectivity index (χ0n) is 11.3. The van der Waals surface area contributed by atoms with Gasteiger partial charge in [-0.2, -0.15) is 13.2 Å². The van der Waals surface area contributed by atoms with E-state index in [9.17, 15) is 13.2 Å². The van der Waals surface area contributed by atoms with Gasteiger partial charge in [0, 0.05) is 6.04 Å². The van der Waals surface area contributed by atoms with E-state index in [-0.39, 0.29) is 6.04 Å². The van der Waals surface area contributed by atoms with Crippen molar-refractivity contribution >= 4 is 0 Å². The Morgan fingerprint density at radius 3 is 2.05 bits per heavy atom. The Morgan fingerprint density at radius 2 is 1.60 bits per heavy atom. The average Bonchev–Trinajstić information content (AvgIpc) is 2.37. The second kappa shape index (κ2) is 5.29. The van der Waals surface area contributed by atoms with Crippen LogP contribution in [0.15, 0.2) is 42.5 Å². The van der Waals surface area contributed by atoms with Gasteiger partial charge in [0.1, 0.15) is 0 Å². The number of rotatable bonds is 2. The fourth-order valence-corrected chi connectivity index (χ4v) is 2.13. The summed E-state index contributed by atoms with van der Waals surface area (Å²) in [6.45, 7) is 3.57. The normalized spacial score (nSPS) is 13.3. The Morgan fingerprint density at radius 1 is 1.00 bits per heavy atom. The zero-order chi connectivity index (χ0) is 14.9. The third kappa shape index (κ3) is 3.02. The van der Waals surface area contributed by atoms with Gasteiger partial charge in [-0.15, -0.1) is 0 Å². The van der Waals surface area contributed by atoms with Gasteiger partial charge >= 0.3 is 6.18 Å². The van der Waals surface area contributed by atoms with Crippen molar-refractivity contribution in [1.82, 2.24) is 0 Å². The van der Waals surface area contributed by atoms with Crippen molar-refractivity contribution in [2.24, 2.45) is 5.73 Å². The maximum atomic E-state index is 12.6. The summed E-state index contributed by atoms with van der Waals surface area (Å²) in [6.07, 6.45) is -4.30. The largest absolute Gasteiger partial charge is 0.416 e. The van der Waals surface area contributed by atoms with E-state index in [4.69, 9.17) is 5.73 Å². The first-order valence-corrected chi connectivity index (χ1v) is 6.33. The highest BCUT2D eigenvalue weighted by Crippen LogP contribution is 2.33. The van der Waals surface area contributed by atoms with Crippen molar-refractivity contribution in [3.63, 3.8) is 0 Å². The molecule has 0 spiro atoms. The highest BCUT2D eigenvalue weighted by Gasteiger charge is 2.30. The number of alkyl halides is 3. The number of aryl methyl sites for hydroxylation is 1. The molecule has 0 amide bonds. The molecule has 106 valence electrons. The number of hydrogen-bond donors (Lipinski definition) is 1. The molecule has 1 unspecified atom stereocenters. The van der Waals surface area contributed by atoms with Gasteiger partial charge in [-0.25, -0.2) is 0 Å². The van der Waals surface area contributed by atoms with Crippen LogP contribution in [0.3, 0.4) is 0 Å². The molecular formula is C16H16F3N. The maximum Gasteiger partial charge on any atom is 0.416 e. The number of hydrogen-bond acceptors (Lipinski definition) is 1. The van der Waals surface area contributed by atoms with Crippen LogP contribution in [-0.4, -0.2) is 0 Å². The molecule has 0 saturated heterocycles. The lowest BCUT2D eigenvalue weighted by Crippen LogP contribution is -2.05. The SMILES string of the molecule is Cc1cc(C(F)(F)F)ccc1-c1ccc(C(C)N)cc1. The average molecular weight is 279 g/mol. The first-order chi connectivity index (χ1) is 9.29. The van der Waals surface area contributed by atoms with Crippen LogP contribution in [-0.2, 0) is 6.18 Å². The quantitative estimate of drug-likeness (QED) is 0.847. The fraction of sp³-hybridized carbons (Fsp3) is 0.250. The summed E-state index contributed by atoms with van der Waals surface area (Å²) in [5.41, 5.74) is 8.45. The van der Waals surface area contributed by atoms with Crippen LogP contribution in [0.4, 0.5) is 13.2 Å². The van der Waals surface area contributed by atoms with Crippen molar-refractivity contribution in [3.8, 4) is 11.1 Å². The standard InChI is InChI=1S/C16H16F3N/c1-10-9-14(16(17,18)19)7-8-15(10)13-5-3-12(4-6-13)11(2)20/h3-9,11H,20H2,1-2H3. The Labute approximate surface area is 116 Å². The van der Waals surface area contributed by atoms with Gasteiger partial charge in [-0.1, -0.05) is 30.3 Å². The molecule has 4 heteroatoms. The van der Waals surface area contributed by atoms with E-state index in [2.05, 4.69) is 0 Å². The van der Waals surface area contributed by atoms with Gasteiger partial charge in [0.2, 0.25) is 0 Å². The van der Waals surface area contributed by atoms with Crippen LogP contribution in [0.2, 0.25) is 0 Å². The summed E-state index contributed by atoms with van der Waals surface area (Å²) in [7, 11) is 0. The molecular weight excluding hydrogens is 263 g/mol. The summed E-state index contributed by atoms with van der Waals surface area (Å²) >= 11 is 0. The number of nitrogens with two attached hydrogens (primary N) is 1. The van der Waals surface area contributed by atoms with Crippen molar-refractivity contribution in [3.05, 3.63) is 59.2 Å². The van der Waals surface area contributed by atoms with Gasteiger partial charge in [0.05, 0.1) is 5.56 Å². The lowest BCUT2D eigenvalue weighted by Gasteiger charge is -2.12. The highest BCUT2D eigenvalue weighted by atomic mass is 19.4. The smallest absolute Gasteiger partial charge is 0.324 e. The third-order valence-corrected chi connectivity index (χ3v) is 3.30. The first kappa shape index (κ1) is 14.6. The van der Waals surface area contributed by atoms with Gasteiger partial charge < -0.3 is 5.73 Å². The lowest BCUT2D eigenvalue weighted by atomic mass is 9.96. The summed E-state index contributed by atoms with van der Waals surface area (Å²) in [5, 5.41) is 0. The Kier molecular flexibility index (Phi) is 3.86. The van der Waals surface area contributed by atoms with Crippen LogP contribution < -0.4 is 5.73 Å². The van der Waals surface area contributed by atoms with E-state index in [0.717, 1.165) is 22.8 Å². The predicted molar refractivity (Wildman–Crippen MR) is 74.2 cm³/mol. The monoisotopic (exact) mass is 279 g/mol.